The Morgan fingerprint density at radius 3 is 2.36 bits per heavy atom. The molecule has 0 saturated heterocycles. The summed E-state index contributed by atoms with van der Waals surface area (Å²) in [4.78, 5) is 32.4. The lowest BCUT2D eigenvalue weighted by molar-refractivity contribution is 0.414. The molecule has 2 heterocycles. The van der Waals surface area contributed by atoms with Crippen LogP contribution in [0.1, 0.15) is 16.7 Å². The number of fused-ring (bicyclic) bond motifs is 1. The highest BCUT2D eigenvalue weighted by atomic mass is 16.5. The lowest BCUT2D eigenvalue weighted by Crippen LogP contribution is -2.30. The lowest BCUT2D eigenvalue weighted by Gasteiger charge is -2.12. The maximum absolute atomic E-state index is 12.8. The second-order valence-corrected chi connectivity index (χ2v) is 7.43. The Labute approximate surface area is 188 Å². The molecular formula is C26H19N3O4. The smallest absolute Gasteiger partial charge is 0.335 e. The molecule has 3 aromatic carbocycles. The Morgan fingerprint density at radius 2 is 1.64 bits per heavy atom. The molecule has 2 N–H and O–H groups in total. The van der Waals surface area contributed by atoms with Gasteiger partial charge in [-0.2, -0.15) is 0 Å². The number of aliphatic imine (C=N–C) groups is 1. The van der Waals surface area contributed by atoms with Crippen LogP contribution in [-0.2, 0) is 0 Å². The molecule has 5 rings (SSSR count). The summed E-state index contributed by atoms with van der Waals surface area (Å²) in [5.74, 6) is 0.141. The molecule has 162 valence electrons. The van der Waals surface area contributed by atoms with Crippen LogP contribution in [0.4, 0.5) is 5.69 Å². The standard InChI is InChI=1S/C26H19N3O4/c1-33-18-13-11-17(12-14-18)29-25(31)21(24(30)28-26(29)32)15-20-19-9-5-6-10-22(19)27-23(20)16-7-3-2-4-8-16/h2-15,31H,1H3,(H,28,30,32). The molecule has 0 radical (unpaired) electrons. The summed E-state index contributed by atoms with van der Waals surface area (Å²) in [6.07, 6.45) is 1.57. The summed E-state index contributed by atoms with van der Waals surface area (Å²) >= 11 is 0. The fourth-order valence-corrected chi connectivity index (χ4v) is 3.85. The second-order valence-electron chi connectivity index (χ2n) is 7.43. The van der Waals surface area contributed by atoms with Gasteiger partial charge in [0.05, 0.1) is 24.2 Å². The van der Waals surface area contributed by atoms with Crippen molar-refractivity contribution in [3.8, 4) is 17.3 Å². The molecule has 0 spiro atoms. The maximum Gasteiger partial charge on any atom is 0.335 e. The first-order chi connectivity index (χ1) is 16.1. The number of para-hydroxylation sites is 1. The Kier molecular flexibility index (Phi) is 4.99. The van der Waals surface area contributed by atoms with E-state index in [1.165, 1.54) is 7.11 Å². The number of aromatic nitrogens is 2. The first-order valence-electron chi connectivity index (χ1n) is 10.2. The van der Waals surface area contributed by atoms with Gasteiger partial charge in [-0.15, -0.1) is 0 Å². The summed E-state index contributed by atoms with van der Waals surface area (Å²) in [7, 11) is 1.54. The number of hydrogen-bond acceptors (Lipinski definition) is 5. The molecule has 0 unspecified atom stereocenters. The van der Waals surface area contributed by atoms with Gasteiger partial charge < -0.3 is 9.84 Å². The first kappa shape index (κ1) is 20.3. The molecule has 4 aromatic rings. The number of methoxy groups -OCH3 is 1. The van der Waals surface area contributed by atoms with E-state index in [-0.39, 0.29) is 5.56 Å². The highest BCUT2D eigenvalue weighted by Crippen LogP contribution is 2.38. The number of nitrogens with one attached hydrogen (secondary N) is 1. The van der Waals surface area contributed by atoms with Crippen molar-refractivity contribution in [2.75, 3.05) is 7.11 Å². The number of allylic oxidation sites excluding steroid dienone is 1. The fourth-order valence-electron chi connectivity index (χ4n) is 3.85. The van der Waals surface area contributed by atoms with E-state index in [4.69, 9.17) is 9.73 Å². The zero-order valence-corrected chi connectivity index (χ0v) is 17.6. The van der Waals surface area contributed by atoms with Crippen LogP contribution < -0.4 is 16.0 Å². The van der Waals surface area contributed by atoms with Gasteiger partial charge in [0.2, 0.25) is 5.88 Å². The van der Waals surface area contributed by atoms with Gasteiger partial charge in [0, 0.05) is 16.7 Å². The Morgan fingerprint density at radius 1 is 0.939 bits per heavy atom. The quantitative estimate of drug-likeness (QED) is 0.506. The SMILES string of the molecule is COc1ccc(-n2c(O)c(C=C3C(c4ccccc4)=Nc4ccccc43)c(=O)[nH]c2=O)cc1. The molecular weight excluding hydrogens is 418 g/mol. The zero-order chi connectivity index (χ0) is 22.9. The normalized spacial score (nSPS) is 13.6. The van der Waals surface area contributed by atoms with Crippen LogP contribution in [0.15, 0.2) is 93.4 Å². The van der Waals surface area contributed by atoms with Crippen molar-refractivity contribution in [1.82, 2.24) is 9.55 Å². The van der Waals surface area contributed by atoms with E-state index >= 15 is 0 Å². The van der Waals surface area contributed by atoms with E-state index in [0.717, 1.165) is 21.4 Å². The van der Waals surface area contributed by atoms with Gasteiger partial charge in [0.1, 0.15) is 11.3 Å². The fraction of sp³-hybridized carbons (Fsp3) is 0.0385. The van der Waals surface area contributed by atoms with Crippen LogP contribution in [-0.4, -0.2) is 27.5 Å². The van der Waals surface area contributed by atoms with Crippen molar-refractivity contribution in [2.45, 2.75) is 0 Å². The summed E-state index contributed by atoms with van der Waals surface area (Å²) in [5.41, 5.74) is 2.74. The Bertz CT molecular complexity index is 1530. The summed E-state index contributed by atoms with van der Waals surface area (Å²) in [5, 5.41) is 11.0. The lowest BCUT2D eigenvalue weighted by atomic mass is 9.96. The largest absolute Gasteiger partial charge is 0.497 e. The summed E-state index contributed by atoms with van der Waals surface area (Å²) < 4.78 is 6.20. The van der Waals surface area contributed by atoms with Gasteiger partial charge in [-0.05, 0) is 36.4 Å². The number of nitrogens with zero attached hydrogens (tertiary/aromatic N) is 2. The molecule has 0 fully saturated rings. The molecule has 0 bridgehead atoms. The minimum atomic E-state index is -0.742. The third-order valence-corrected chi connectivity index (χ3v) is 5.47. The van der Waals surface area contributed by atoms with Crippen molar-refractivity contribution in [2.24, 2.45) is 4.99 Å². The predicted octanol–water partition coefficient (Wildman–Crippen LogP) is 3.92. The van der Waals surface area contributed by atoms with Crippen LogP contribution in [0, 0.1) is 0 Å². The number of benzene rings is 3. The summed E-state index contributed by atoms with van der Waals surface area (Å²) in [6.45, 7) is 0. The zero-order valence-electron chi connectivity index (χ0n) is 17.6. The van der Waals surface area contributed by atoms with E-state index in [9.17, 15) is 14.7 Å². The van der Waals surface area contributed by atoms with E-state index in [2.05, 4.69) is 4.98 Å². The minimum Gasteiger partial charge on any atom is -0.497 e. The average Bonchev–Trinajstić information content (AvgIpc) is 3.21. The molecule has 1 aromatic heterocycles. The third kappa shape index (κ3) is 3.55. The summed E-state index contributed by atoms with van der Waals surface area (Å²) in [6, 6.07) is 23.7. The first-order valence-corrected chi connectivity index (χ1v) is 10.2. The predicted molar refractivity (Wildman–Crippen MR) is 128 cm³/mol. The van der Waals surface area contributed by atoms with Crippen molar-refractivity contribution in [3.63, 3.8) is 0 Å². The van der Waals surface area contributed by atoms with Gasteiger partial charge >= 0.3 is 5.69 Å². The van der Waals surface area contributed by atoms with Gasteiger partial charge in [0.25, 0.3) is 5.56 Å². The van der Waals surface area contributed by atoms with Crippen molar-refractivity contribution in [1.29, 1.82) is 0 Å². The Balaban J connectivity index is 1.72. The number of rotatable bonds is 4. The van der Waals surface area contributed by atoms with Gasteiger partial charge in [-0.3, -0.25) is 9.78 Å². The molecule has 0 atom stereocenters. The molecule has 7 nitrogen and oxygen atoms in total. The monoisotopic (exact) mass is 437 g/mol. The molecule has 1 aliphatic heterocycles. The number of ether oxygens (including phenoxy) is 1. The molecule has 0 saturated carbocycles. The van der Waals surface area contributed by atoms with Gasteiger partial charge in [0.15, 0.2) is 0 Å². The minimum absolute atomic E-state index is 0.0410. The topological polar surface area (TPSA) is 96.7 Å². The molecule has 0 aliphatic carbocycles. The van der Waals surface area contributed by atoms with Gasteiger partial charge in [-0.25, -0.2) is 14.4 Å². The van der Waals surface area contributed by atoms with Crippen molar-refractivity contribution >= 4 is 23.0 Å². The number of hydrogen-bond donors (Lipinski definition) is 2. The maximum atomic E-state index is 12.8. The van der Waals surface area contributed by atoms with Crippen LogP contribution in [0.3, 0.4) is 0 Å². The number of H-pyrrole nitrogens is 1. The highest BCUT2D eigenvalue weighted by Gasteiger charge is 2.24. The Hall–Kier alpha value is -4.65. The average molecular weight is 437 g/mol. The third-order valence-electron chi connectivity index (χ3n) is 5.47. The van der Waals surface area contributed by atoms with Crippen LogP contribution in [0.2, 0.25) is 0 Å². The van der Waals surface area contributed by atoms with E-state index in [0.29, 0.717) is 22.7 Å². The van der Waals surface area contributed by atoms with E-state index in [1.807, 2.05) is 54.6 Å². The number of aromatic amines is 1. The van der Waals surface area contributed by atoms with E-state index in [1.54, 1.807) is 30.3 Å². The van der Waals surface area contributed by atoms with Crippen LogP contribution in [0.5, 0.6) is 11.6 Å². The van der Waals surface area contributed by atoms with Gasteiger partial charge in [-0.1, -0.05) is 48.5 Å². The van der Waals surface area contributed by atoms with E-state index < -0.39 is 17.1 Å². The second kappa shape index (κ2) is 8.12. The molecule has 33 heavy (non-hydrogen) atoms. The van der Waals surface area contributed by atoms with Crippen molar-refractivity contribution < 1.29 is 9.84 Å². The molecule has 7 heteroatoms. The highest BCUT2D eigenvalue weighted by molar-refractivity contribution is 6.39. The van der Waals surface area contributed by atoms with Crippen LogP contribution >= 0.6 is 0 Å². The molecule has 0 amide bonds. The number of aromatic hydroxyl groups is 1. The van der Waals surface area contributed by atoms with Crippen molar-refractivity contribution in [3.05, 3.63) is 116 Å². The molecule has 1 aliphatic rings. The van der Waals surface area contributed by atoms with Crippen LogP contribution in [0.25, 0.3) is 17.3 Å².